The summed E-state index contributed by atoms with van der Waals surface area (Å²) in [6.45, 7) is 0.370. The molecule has 1 atom stereocenters. The van der Waals surface area contributed by atoms with Crippen LogP contribution in [0.3, 0.4) is 0 Å². The van der Waals surface area contributed by atoms with Crippen LogP contribution in [0.15, 0.2) is 18.2 Å². The van der Waals surface area contributed by atoms with E-state index in [1.165, 1.54) is 12.0 Å². The van der Waals surface area contributed by atoms with Crippen molar-refractivity contribution in [3.63, 3.8) is 0 Å². The van der Waals surface area contributed by atoms with Crippen LogP contribution in [0.4, 0.5) is 0 Å². The molecule has 1 aromatic carbocycles. The molecule has 2 rings (SSSR count). The standard InChI is InChI=1S/C15H17ClN2O4/c1-22-12-6-2-5-11(14(12)16)15(21)17-8-13(20)18-7-3-4-10(18)9-19/h2,5-6,9-10H,3-4,7-8H2,1H3,(H,17,21)/t10-/m0/s1. The average Bonchev–Trinajstić information content (AvgIpc) is 3.01. The molecule has 1 saturated heterocycles. The van der Waals surface area contributed by atoms with Crippen molar-refractivity contribution in [1.29, 1.82) is 0 Å². The van der Waals surface area contributed by atoms with Crippen molar-refractivity contribution >= 4 is 29.7 Å². The maximum Gasteiger partial charge on any atom is 0.253 e. The Kier molecular flexibility index (Phi) is 5.38. The van der Waals surface area contributed by atoms with Gasteiger partial charge in [0, 0.05) is 6.54 Å². The number of ether oxygens (including phenoxy) is 1. The van der Waals surface area contributed by atoms with Crippen molar-refractivity contribution in [2.24, 2.45) is 0 Å². The molecule has 0 spiro atoms. The minimum atomic E-state index is -0.459. The second-order valence-corrected chi connectivity index (χ2v) is 5.32. The maximum atomic E-state index is 12.1. The molecule has 0 aromatic heterocycles. The fourth-order valence-corrected chi connectivity index (χ4v) is 2.73. The minimum Gasteiger partial charge on any atom is -0.495 e. The van der Waals surface area contributed by atoms with E-state index in [0.29, 0.717) is 18.7 Å². The molecule has 6 nitrogen and oxygen atoms in total. The second-order valence-electron chi connectivity index (χ2n) is 4.94. The first-order chi connectivity index (χ1) is 10.6. The zero-order valence-electron chi connectivity index (χ0n) is 12.2. The lowest BCUT2D eigenvalue weighted by Gasteiger charge is -2.20. The number of nitrogens with one attached hydrogen (secondary N) is 1. The molecule has 118 valence electrons. The van der Waals surface area contributed by atoms with Gasteiger partial charge in [0.2, 0.25) is 5.91 Å². The highest BCUT2D eigenvalue weighted by Crippen LogP contribution is 2.27. The SMILES string of the molecule is COc1cccc(C(=O)NCC(=O)N2CCC[C@H]2C=O)c1Cl. The first-order valence-corrected chi connectivity index (χ1v) is 7.31. The normalized spacial score (nSPS) is 17.2. The lowest BCUT2D eigenvalue weighted by atomic mass is 10.2. The van der Waals surface area contributed by atoms with Crippen LogP contribution in [0.5, 0.6) is 5.75 Å². The molecule has 1 aliphatic rings. The molecule has 1 fully saturated rings. The third kappa shape index (κ3) is 3.39. The number of aldehydes is 1. The van der Waals surface area contributed by atoms with Crippen molar-refractivity contribution in [3.8, 4) is 5.75 Å². The van der Waals surface area contributed by atoms with Gasteiger partial charge in [-0.1, -0.05) is 17.7 Å². The molecule has 1 aromatic rings. The van der Waals surface area contributed by atoms with E-state index in [-0.39, 0.29) is 29.1 Å². The van der Waals surface area contributed by atoms with Gasteiger partial charge in [0.05, 0.1) is 30.3 Å². The average molecular weight is 325 g/mol. The molecule has 0 unspecified atom stereocenters. The number of rotatable bonds is 5. The van der Waals surface area contributed by atoms with Crippen LogP contribution in [-0.4, -0.2) is 49.2 Å². The Bertz CT molecular complexity index is 591. The Balaban J connectivity index is 1.98. The third-order valence-corrected chi connectivity index (χ3v) is 3.99. The van der Waals surface area contributed by atoms with E-state index in [4.69, 9.17) is 16.3 Å². The molecule has 0 saturated carbocycles. The van der Waals surface area contributed by atoms with E-state index < -0.39 is 5.91 Å². The van der Waals surface area contributed by atoms with Gasteiger partial charge in [-0.05, 0) is 25.0 Å². The lowest BCUT2D eigenvalue weighted by molar-refractivity contribution is -0.133. The highest BCUT2D eigenvalue weighted by atomic mass is 35.5. The van der Waals surface area contributed by atoms with Crippen molar-refractivity contribution in [3.05, 3.63) is 28.8 Å². The van der Waals surface area contributed by atoms with Gasteiger partial charge >= 0.3 is 0 Å². The van der Waals surface area contributed by atoms with Crippen LogP contribution >= 0.6 is 11.6 Å². The van der Waals surface area contributed by atoms with Gasteiger partial charge < -0.3 is 19.7 Å². The maximum absolute atomic E-state index is 12.1. The first-order valence-electron chi connectivity index (χ1n) is 6.94. The van der Waals surface area contributed by atoms with Gasteiger partial charge in [0.25, 0.3) is 5.91 Å². The summed E-state index contributed by atoms with van der Waals surface area (Å²) >= 11 is 6.06. The lowest BCUT2D eigenvalue weighted by Crippen LogP contribution is -2.43. The summed E-state index contributed by atoms with van der Waals surface area (Å²) in [4.78, 5) is 36.5. The second kappa shape index (κ2) is 7.26. The van der Waals surface area contributed by atoms with Gasteiger partial charge in [-0.15, -0.1) is 0 Å². The van der Waals surface area contributed by atoms with E-state index in [1.54, 1.807) is 18.2 Å². The highest BCUT2D eigenvalue weighted by molar-refractivity contribution is 6.35. The van der Waals surface area contributed by atoms with E-state index in [9.17, 15) is 14.4 Å². The summed E-state index contributed by atoms with van der Waals surface area (Å²) in [6, 6.07) is 4.45. The van der Waals surface area contributed by atoms with E-state index in [0.717, 1.165) is 12.7 Å². The van der Waals surface area contributed by atoms with Gasteiger partial charge in [0.1, 0.15) is 12.0 Å². The number of likely N-dealkylation sites (tertiary alicyclic amines) is 1. The number of halogens is 1. The molecule has 1 heterocycles. The van der Waals surface area contributed by atoms with Crippen LogP contribution in [0.25, 0.3) is 0 Å². The Labute approximate surface area is 133 Å². The number of amides is 2. The number of nitrogens with zero attached hydrogens (tertiary/aromatic N) is 1. The Morgan fingerprint density at radius 1 is 1.50 bits per heavy atom. The fraction of sp³-hybridized carbons (Fsp3) is 0.400. The number of hydrogen-bond acceptors (Lipinski definition) is 4. The summed E-state index contributed by atoms with van der Waals surface area (Å²) < 4.78 is 5.05. The number of methoxy groups -OCH3 is 1. The third-order valence-electron chi connectivity index (χ3n) is 3.60. The first kappa shape index (κ1) is 16.3. The van der Waals surface area contributed by atoms with Crippen molar-refractivity contribution in [2.45, 2.75) is 18.9 Å². The van der Waals surface area contributed by atoms with Gasteiger partial charge in [-0.25, -0.2) is 0 Å². The summed E-state index contributed by atoms with van der Waals surface area (Å²) in [7, 11) is 1.46. The van der Waals surface area contributed by atoms with Crippen molar-refractivity contribution < 1.29 is 19.1 Å². The molecule has 1 N–H and O–H groups in total. The highest BCUT2D eigenvalue weighted by Gasteiger charge is 2.28. The Morgan fingerprint density at radius 2 is 2.27 bits per heavy atom. The number of benzene rings is 1. The molecular formula is C15H17ClN2O4. The monoisotopic (exact) mass is 324 g/mol. The fourth-order valence-electron chi connectivity index (χ4n) is 2.44. The molecule has 0 radical (unpaired) electrons. The predicted octanol–water partition coefficient (Wildman–Crippen LogP) is 1.27. The summed E-state index contributed by atoms with van der Waals surface area (Å²) in [6.07, 6.45) is 2.24. The number of hydrogen-bond donors (Lipinski definition) is 1. The van der Waals surface area contributed by atoms with E-state index >= 15 is 0 Å². The summed E-state index contributed by atoms with van der Waals surface area (Å²) in [5, 5.41) is 2.72. The quantitative estimate of drug-likeness (QED) is 0.828. The van der Waals surface area contributed by atoms with Gasteiger partial charge in [0.15, 0.2) is 0 Å². The Morgan fingerprint density at radius 3 is 2.95 bits per heavy atom. The van der Waals surface area contributed by atoms with Crippen molar-refractivity contribution in [2.75, 3.05) is 20.2 Å². The molecule has 22 heavy (non-hydrogen) atoms. The summed E-state index contributed by atoms with van der Waals surface area (Å²) in [5.41, 5.74) is 0.238. The van der Waals surface area contributed by atoms with Gasteiger partial charge in [-0.2, -0.15) is 0 Å². The minimum absolute atomic E-state index is 0.170. The van der Waals surface area contributed by atoms with E-state index in [1.807, 2.05) is 0 Å². The number of carbonyl (C=O) groups excluding carboxylic acids is 3. The topological polar surface area (TPSA) is 75.7 Å². The molecule has 7 heteroatoms. The zero-order chi connectivity index (χ0) is 16.1. The smallest absolute Gasteiger partial charge is 0.253 e. The van der Waals surface area contributed by atoms with Crippen LogP contribution in [0.2, 0.25) is 5.02 Å². The number of carbonyl (C=O) groups is 3. The molecule has 2 amide bonds. The van der Waals surface area contributed by atoms with Crippen LogP contribution in [0.1, 0.15) is 23.2 Å². The van der Waals surface area contributed by atoms with Crippen LogP contribution in [0, 0.1) is 0 Å². The largest absolute Gasteiger partial charge is 0.495 e. The zero-order valence-corrected chi connectivity index (χ0v) is 12.9. The van der Waals surface area contributed by atoms with E-state index in [2.05, 4.69) is 5.32 Å². The van der Waals surface area contributed by atoms with Crippen molar-refractivity contribution in [1.82, 2.24) is 10.2 Å². The molecule has 0 bridgehead atoms. The molecular weight excluding hydrogens is 308 g/mol. The van der Waals surface area contributed by atoms with Crippen LogP contribution in [-0.2, 0) is 9.59 Å². The molecule has 0 aliphatic carbocycles. The van der Waals surface area contributed by atoms with Gasteiger partial charge in [-0.3, -0.25) is 9.59 Å². The predicted molar refractivity (Wildman–Crippen MR) is 81.1 cm³/mol. The summed E-state index contributed by atoms with van der Waals surface area (Å²) in [5.74, 6) is -0.345. The molecule has 1 aliphatic heterocycles. The van der Waals surface area contributed by atoms with Crippen LogP contribution < -0.4 is 10.1 Å². The Hall–Kier alpha value is -2.08.